The molecule has 0 unspecified atom stereocenters. The Labute approximate surface area is 161 Å². The van der Waals surface area contributed by atoms with Crippen molar-refractivity contribution in [2.45, 2.75) is 13.3 Å². The number of nitrogens with one attached hydrogen (secondary N) is 1. The zero-order valence-electron chi connectivity index (χ0n) is 14.5. The van der Waals surface area contributed by atoms with E-state index < -0.39 is 0 Å². The summed E-state index contributed by atoms with van der Waals surface area (Å²) in [4.78, 5) is 12.4. The summed E-state index contributed by atoms with van der Waals surface area (Å²) in [5, 5.41) is 2.91. The van der Waals surface area contributed by atoms with Gasteiger partial charge in [0, 0.05) is 12.1 Å². The first kappa shape index (κ1) is 19.2. The minimum Gasteiger partial charge on any atom is -0.493 e. The van der Waals surface area contributed by atoms with Gasteiger partial charge in [-0.25, -0.2) is 3.21 Å². The number of hydrogen-bond donors (Lipinski definition) is 1. The van der Waals surface area contributed by atoms with Gasteiger partial charge < -0.3 is 14.8 Å². The van der Waals surface area contributed by atoms with Gasteiger partial charge in [0.25, 0.3) is 5.91 Å². The molecule has 2 aromatic rings. The van der Waals surface area contributed by atoms with E-state index in [1.807, 2.05) is 72.3 Å². The van der Waals surface area contributed by atoms with E-state index in [0.717, 1.165) is 16.7 Å². The molecule has 0 fully saturated rings. The normalized spacial score (nSPS) is 11.1. The summed E-state index contributed by atoms with van der Waals surface area (Å²) in [7, 11) is 3.21. The number of halogens is 1. The zero-order valence-corrected chi connectivity index (χ0v) is 16.7. The minimum atomic E-state index is -0.182. The van der Waals surface area contributed by atoms with Crippen molar-refractivity contribution in [2.75, 3.05) is 20.8 Å². The predicted octanol–water partition coefficient (Wildman–Crippen LogP) is 3.51. The van der Waals surface area contributed by atoms with Crippen molar-refractivity contribution >= 4 is 34.5 Å². The van der Waals surface area contributed by atoms with Crippen LogP contribution in [0.3, 0.4) is 0 Å². The van der Waals surface area contributed by atoms with Crippen LogP contribution < -0.4 is 14.8 Å². The quantitative estimate of drug-likeness (QED) is 0.517. The van der Waals surface area contributed by atoms with Crippen LogP contribution in [0.5, 0.6) is 11.5 Å². The van der Waals surface area contributed by atoms with E-state index >= 15 is 0 Å². The molecule has 0 aliphatic rings. The number of carbonyl (C=O) groups excluding carboxylic acids is 1. The summed E-state index contributed by atoms with van der Waals surface area (Å²) in [5.41, 5.74) is 3.43. The highest BCUT2D eigenvalue weighted by atomic mass is 127. The molecule has 0 aliphatic carbocycles. The van der Waals surface area contributed by atoms with E-state index in [-0.39, 0.29) is 5.91 Å². The van der Waals surface area contributed by atoms with Crippen molar-refractivity contribution in [3.8, 4) is 11.5 Å². The Hall–Kier alpha value is -2.09. The maximum absolute atomic E-state index is 12.4. The summed E-state index contributed by atoms with van der Waals surface area (Å²) in [6.07, 6.45) is 0.689. The van der Waals surface area contributed by atoms with Gasteiger partial charge in [0.15, 0.2) is 11.5 Å². The molecule has 1 amide bonds. The van der Waals surface area contributed by atoms with Crippen LogP contribution in [-0.2, 0) is 11.2 Å². The summed E-state index contributed by atoms with van der Waals surface area (Å²) in [6, 6.07) is 13.5. The Morgan fingerprint density at radius 3 is 2.36 bits per heavy atom. The third-order valence-electron chi connectivity index (χ3n) is 3.77. The summed E-state index contributed by atoms with van der Waals surface area (Å²) in [5.74, 6) is 1.19. The highest BCUT2D eigenvalue weighted by molar-refractivity contribution is 14.1. The molecule has 0 saturated carbocycles. The molecule has 0 bridgehead atoms. The number of ether oxygens (including phenoxy) is 2. The molecule has 0 aromatic heterocycles. The van der Waals surface area contributed by atoms with Gasteiger partial charge in [-0.05, 0) is 31.0 Å². The highest BCUT2D eigenvalue weighted by Crippen LogP contribution is 2.27. The standard InChI is InChI=1S/C19H21IN2O3/c1-13-4-7-15(8-5-13)18(22-20)19(23)21-11-10-14-6-9-16(24-2)17(12-14)25-3/h4-9,12H,10-11H2,1-3H3,(H,21,23). The third-order valence-corrected chi connectivity index (χ3v) is 4.25. The van der Waals surface area contributed by atoms with Crippen molar-refractivity contribution in [3.05, 3.63) is 59.2 Å². The number of carbonyl (C=O) groups is 1. The fraction of sp³-hybridized carbons (Fsp3) is 0.263. The largest absolute Gasteiger partial charge is 0.493 e. The van der Waals surface area contributed by atoms with Gasteiger partial charge in [-0.1, -0.05) is 35.9 Å². The van der Waals surface area contributed by atoms with Crippen LogP contribution >= 0.6 is 22.9 Å². The van der Waals surface area contributed by atoms with Gasteiger partial charge in [0.1, 0.15) is 5.71 Å². The predicted molar refractivity (Wildman–Crippen MR) is 108 cm³/mol. The molecule has 0 heterocycles. The second-order valence-electron chi connectivity index (χ2n) is 5.49. The van der Waals surface area contributed by atoms with Gasteiger partial charge in [-0.2, -0.15) is 0 Å². The molecule has 25 heavy (non-hydrogen) atoms. The first-order valence-corrected chi connectivity index (χ1v) is 8.80. The molecule has 1 N–H and O–H groups in total. The van der Waals surface area contributed by atoms with E-state index in [2.05, 4.69) is 8.52 Å². The van der Waals surface area contributed by atoms with E-state index in [1.165, 1.54) is 0 Å². The molecular formula is C19H21IN2O3. The maximum Gasteiger partial charge on any atom is 0.271 e. The van der Waals surface area contributed by atoms with Crippen molar-refractivity contribution in [2.24, 2.45) is 3.21 Å². The van der Waals surface area contributed by atoms with Crippen LogP contribution in [0.1, 0.15) is 16.7 Å². The van der Waals surface area contributed by atoms with Gasteiger partial charge in [0.05, 0.1) is 37.1 Å². The fourth-order valence-corrected chi connectivity index (χ4v) is 2.87. The maximum atomic E-state index is 12.4. The van der Waals surface area contributed by atoms with Crippen LogP contribution in [0.4, 0.5) is 0 Å². The lowest BCUT2D eigenvalue weighted by molar-refractivity contribution is -0.114. The van der Waals surface area contributed by atoms with Crippen LogP contribution in [0.2, 0.25) is 0 Å². The van der Waals surface area contributed by atoms with Crippen molar-refractivity contribution in [3.63, 3.8) is 0 Å². The molecule has 2 aromatic carbocycles. The molecule has 0 atom stereocenters. The lowest BCUT2D eigenvalue weighted by Crippen LogP contribution is -2.32. The number of nitrogens with zero attached hydrogens (tertiary/aromatic N) is 1. The Bertz CT molecular complexity index is 758. The van der Waals surface area contributed by atoms with Gasteiger partial charge in [-0.15, -0.1) is 0 Å². The average molecular weight is 452 g/mol. The molecule has 132 valence electrons. The van der Waals surface area contributed by atoms with Crippen molar-refractivity contribution < 1.29 is 14.3 Å². The number of amides is 1. The Kier molecular flexibility index (Phi) is 7.24. The second-order valence-corrected chi connectivity index (χ2v) is 5.98. The SMILES string of the molecule is COc1ccc(CCNC(=O)C(=NI)c2ccc(C)cc2)cc1OC. The Balaban J connectivity index is 1.96. The van der Waals surface area contributed by atoms with Crippen LogP contribution in [0.15, 0.2) is 45.7 Å². The Morgan fingerprint density at radius 1 is 1.08 bits per heavy atom. The number of benzene rings is 2. The third kappa shape index (κ3) is 5.19. The smallest absolute Gasteiger partial charge is 0.271 e. The van der Waals surface area contributed by atoms with E-state index in [9.17, 15) is 4.79 Å². The van der Waals surface area contributed by atoms with Crippen LogP contribution in [-0.4, -0.2) is 32.4 Å². The fourth-order valence-electron chi connectivity index (χ4n) is 2.37. The summed E-state index contributed by atoms with van der Waals surface area (Å²) in [6.45, 7) is 2.52. The lowest BCUT2D eigenvalue weighted by atomic mass is 10.1. The lowest BCUT2D eigenvalue weighted by Gasteiger charge is -2.10. The van der Waals surface area contributed by atoms with Gasteiger partial charge in [0.2, 0.25) is 0 Å². The topological polar surface area (TPSA) is 59.9 Å². The monoisotopic (exact) mass is 452 g/mol. The number of aryl methyl sites for hydroxylation is 1. The second kappa shape index (κ2) is 9.41. The molecular weight excluding hydrogens is 431 g/mol. The van der Waals surface area contributed by atoms with Crippen LogP contribution in [0.25, 0.3) is 0 Å². The molecule has 0 spiro atoms. The minimum absolute atomic E-state index is 0.182. The average Bonchev–Trinajstić information content (AvgIpc) is 2.63. The van der Waals surface area contributed by atoms with Gasteiger partial charge >= 0.3 is 0 Å². The first-order chi connectivity index (χ1) is 12.1. The summed E-state index contributed by atoms with van der Waals surface area (Å²) >= 11 is 1.85. The molecule has 0 saturated heterocycles. The number of hydrogen-bond acceptors (Lipinski definition) is 4. The molecule has 6 heteroatoms. The van der Waals surface area contributed by atoms with Crippen molar-refractivity contribution in [1.82, 2.24) is 5.32 Å². The highest BCUT2D eigenvalue weighted by Gasteiger charge is 2.13. The Morgan fingerprint density at radius 2 is 1.76 bits per heavy atom. The number of rotatable bonds is 7. The van der Waals surface area contributed by atoms with E-state index in [0.29, 0.717) is 30.2 Å². The molecule has 0 radical (unpaired) electrons. The summed E-state index contributed by atoms with van der Waals surface area (Å²) < 4.78 is 14.6. The molecule has 2 rings (SSSR count). The molecule has 0 aliphatic heterocycles. The van der Waals surface area contributed by atoms with Gasteiger partial charge in [-0.3, -0.25) is 4.79 Å². The first-order valence-electron chi connectivity index (χ1n) is 7.84. The van der Waals surface area contributed by atoms with Crippen molar-refractivity contribution in [1.29, 1.82) is 0 Å². The zero-order chi connectivity index (χ0) is 18.2. The molecule has 5 nitrogen and oxygen atoms in total. The number of methoxy groups -OCH3 is 2. The van der Waals surface area contributed by atoms with E-state index in [1.54, 1.807) is 14.2 Å². The van der Waals surface area contributed by atoms with E-state index in [4.69, 9.17) is 9.47 Å². The van der Waals surface area contributed by atoms with Crippen LogP contribution in [0, 0.1) is 6.92 Å².